The van der Waals surface area contributed by atoms with Crippen molar-refractivity contribution in [2.45, 2.75) is 19.4 Å². The van der Waals surface area contributed by atoms with Crippen LogP contribution in [0, 0.1) is 0 Å². The average Bonchev–Trinajstić information content (AvgIpc) is 2.20. The highest BCUT2D eigenvalue weighted by Crippen LogP contribution is 2.29. The highest BCUT2D eigenvalue weighted by molar-refractivity contribution is 5.70. The average molecular weight is 224 g/mol. The van der Waals surface area contributed by atoms with Gasteiger partial charge in [-0.05, 0) is 30.7 Å². The van der Waals surface area contributed by atoms with E-state index in [1.807, 2.05) is 0 Å². The summed E-state index contributed by atoms with van der Waals surface area (Å²) in [5.41, 5.74) is 12.0. The number of rotatable bonds is 4. The minimum absolute atomic E-state index is 0.0971. The lowest BCUT2D eigenvalue weighted by Gasteiger charge is -2.12. The molecule has 16 heavy (non-hydrogen) atoms. The molecule has 0 spiro atoms. The monoisotopic (exact) mass is 224 g/mol. The zero-order valence-corrected chi connectivity index (χ0v) is 9.14. The molecule has 0 bridgehead atoms. The molecular formula is C11H16N2O3. The lowest BCUT2D eigenvalue weighted by atomic mass is 10.0. The highest BCUT2D eigenvalue weighted by atomic mass is 16.5. The summed E-state index contributed by atoms with van der Waals surface area (Å²) in [4.78, 5) is 10.7. The number of phenolic OH excluding ortho intramolecular Hbond substituents is 1. The van der Waals surface area contributed by atoms with E-state index in [4.69, 9.17) is 16.2 Å². The van der Waals surface area contributed by atoms with Gasteiger partial charge in [-0.15, -0.1) is 0 Å². The van der Waals surface area contributed by atoms with E-state index in [1.54, 1.807) is 6.07 Å². The topological polar surface area (TPSA) is 98.6 Å². The first-order valence-corrected chi connectivity index (χ1v) is 5.01. The molecule has 5 heteroatoms. The number of carbonyl (C=O) groups is 1. The summed E-state index contributed by atoms with van der Waals surface area (Å²) in [7, 11) is 0. The summed E-state index contributed by atoms with van der Waals surface area (Å²) in [6, 6.07) is 4.49. The van der Waals surface area contributed by atoms with Crippen LogP contribution in [0.2, 0.25) is 0 Å². The predicted octanol–water partition coefficient (Wildman–Crippen LogP) is 0.666. The van der Waals surface area contributed by atoms with Gasteiger partial charge in [-0.2, -0.15) is 0 Å². The summed E-state index contributed by atoms with van der Waals surface area (Å²) >= 11 is 0. The fraction of sp³-hybridized carbons (Fsp3) is 0.364. The van der Waals surface area contributed by atoms with Gasteiger partial charge in [-0.1, -0.05) is 6.07 Å². The highest BCUT2D eigenvalue weighted by Gasteiger charge is 2.10. The molecule has 5 nitrogen and oxygen atoms in total. The molecule has 0 fully saturated rings. The lowest BCUT2D eigenvalue weighted by molar-refractivity contribution is -0.132. The number of hydrogen-bond acceptors (Lipinski definition) is 5. The molecule has 0 saturated carbocycles. The Hall–Kier alpha value is -1.59. The molecule has 0 aliphatic rings. The molecular weight excluding hydrogens is 208 g/mol. The van der Waals surface area contributed by atoms with Gasteiger partial charge in [0, 0.05) is 13.0 Å². The van der Waals surface area contributed by atoms with Gasteiger partial charge in [0.05, 0.1) is 0 Å². The van der Waals surface area contributed by atoms with Gasteiger partial charge in [0.15, 0.2) is 11.5 Å². The van der Waals surface area contributed by atoms with E-state index >= 15 is 0 Å². The van der Waals surface area contributed by atoms with E-state index in [2.05, 4.69) is 0 Å². The molecule has 0 heterocycles. The Bertz CT molecular complexity index is 379. The molecule has 0 aliphatic heterocycles. The molecule has 0 radical (unpaired) electrons. The molecule has 1 aromatic rings. The van der Waals surface area contributed by atoms with Crippen LogP contribution >= 0.6 is 0 Å². The van der Waals surface area contributed by atoms with Crippen molar-refractivity contribution in [1.82, 2.24) is 0 Å². The molecule has 1 rings (SSSR count). The van der Waals surface area contributed by atoms with E-state index < -0.39 is 5.97 Å². The fourth-order valence-electron chi connectivity index (χ4n) is 1.35. The van der Waals surface area contributed by atoms with Crippen LogP contribution in [0.15, 0.2) is 18.2 Å². The quantitative estimate of drug-likeness (QED) is 0.515. The van der Waals surface area contributed by atoms with Crippen LogP contribution in [-0.2, 0) is 4.79 Å². The van der Waals surface area contributed by atoms with Crippen LogP contribution in [0.5, 0.6) is 11.5 Å². The third kappa shape index (κ3) is 3.22. The largest absolute Gasteiger partial charge is 0.504 e. The number of benzene rings is 1. The Morgan fingerprint density at radius 1 is 1.56 bits per heavy atom. The molecule has 1 atom stereocenters. The first-order valence-electron chi connectivity index (χ1n) is 5.01. The standard InChI is InChI=1S/C11H16N2O3/c1-7(14)16-11-3-2-8(6-10(11)15)9(13)4-5-12/h2-3,6,9,15H,4-5,12-13H2,1H3/t9-/m0/s1. The maximum atomic E-state index is 10.7. The van der Waals surface area contributed by atoms with E-state index in [-0.39, 0.29) is 17.5 Å². The normalized spacial score (nSPS) is 12.2. The van der Waals surface area contributed by atoms with Crippen LogP contribution < -0.4 is 16.2 Å². The molecule has 88 valence electrons. The summed E-state index contributed by atoms with van der Waals surface area (Å²) in [5, 5.41) is 9.59. The number of carbonyl (C=O) groups excluding carboxylic acids is 1. The zero-order valence-electron chi connectivity index (χ0n) is 9.14. The Labute approximate surface area is 94.0 Å². The summed E-state index contributed by atoms with van der Waals surface area (Å²) < 4.78 is 4.79. The second-order valence-electron chi connectivity index (χ2n) is 3.50. The van der Waals surface area contributed by atoms with Crippen molar-refractivity contribution in [2.24, 2.45) is 11.5 Å². The minimum Gasteiger partial charge on any atom is -0.504 e. The van der Waals surface area contributed by atoms with Crippen molar-refractivity contribution >= 4 is 5.97 Å². The van der Waals surface area contributed by atoms with Crippen LogP contribution in [0.25, 0.3) is 0 Å². The summed E-state index contributed by atoms with van der Waals surface area (Å²) in [5.74, 6) is -0.439. The first kappa shape index (κ1) is 12.5. The number of phenols is 1. The Balaban J connectivity index is 2.85. The van der Waals surface area contributed by atoms with Crippen molar-refractivity contribution in [3.63, 3.8) is 0 Å². The Morgan fingerprint density at radius 2 is 2.25 bits per heavy atom. The van der Waals surface area contributed by atoms with Crippen LogP contribution in [0.1, 0.15) is 24.9 Å². The van der Waals surface area contributed by atoms with Gasteiger partial charge in [0.1, 0.15) is 0 Å². The maximum Gasteiger partial charge on any atom is 0.308 e. The van der Waals surface area contributed by atoms with E-state index in [0.29, 0.717) is 13.0 Å². The predicted molar refractivity (Wildman–Crippen MR) is 60.0 cm³/mol. The molecule has 0 unspecified atom stereocenters. The number of aromatic hydroxyl groups is 1. The molecule has 5 N–H and O–H groups in total. The number of ether oxygens (including phenoxy) is 1. The summed E-state index contributed by atoms with van der Waals surface area (Å²) in [6.07, 6.45) is 0.631. The van der Waals surface area contributed by atoms with Gasteiger partial charge >= 0.3 is 5.97 Å². The second-order valence-corrected chi connectivity index (χ2v) is 3.50. The van der Waals surface area contributed by atoms with E-state index in [1.165, 1.54) is 19.1 Å². The summed E-state index contributed by atoms with van der Waals surface area (Å²) in [6.45, 7) is 1.75. The van der Waals surface area contributed by atoms with Gasteiger partial charge in [-0.25, -0.2) is 0 Å². The second kappa shape index (κ2) is 5.48. The minimum atomic E-state index is -0.477. The SMILES string of the molecule is CC(=O)Oc1ccc([C@@H](N)CCN)cc1O. The molecule has 1 aromatic carbocycles. The van der Waals surface area contributed by atoms with Crippen molar-refractivity contribution in [1.29, 1.82) is 0 Å². The van der Waals surface area contributed by atoms with Gasteiger partial charge in [0.25, 0.3) is 0 Å². The van der Waals surface area contributed by atoms with Crippen LogP contribution in [0.3, 0.4) is 0 Å². The number of esters is 1. The van der Waals surface area contributed by atoms with Gasteiger partial charge in [-0.3, -0.25) is 4.79 Å². The van der Waals surface area contributed by atoms with Gasteiger partial charge in [0.2, 0.25) is 0 Å². The molecule has 0 amide bonds. The lowest BCUT2D eigenvalue weighted by Crippen LogP contribution is -2.15. The maximum absolute atomic E-state index is 10.7. The van der Waals surface area contributed by atoms with Crippen molar-refractivity contribution in [3.05, 3.63) is 23.8 Å². The van der Waals surface area contributed by atoms with Crippen molar-refractivity contribution < 1.29 is 14.6 Å². The smallest absolute Gasteiger partial charge is 0.308 e. The van der Waals surface area contributed by atoms with Crippen molar-refractivity contribution in [3.8, 4) is 11.5 Å². The molecule has 0 aliphatic carbocycles. The van der Waals surface area contributed by atoms with E-state index in [0.717, 1.165) is 5.56 Å². The third-order valence-electron chi connectivity index (χ3n) is 2.14. The Kier molecular flexibility index (Phi) is 4.28. The van der Waals surface area contributed by atoms with Crippen LogP contribution in [-0.4, -0.2) is 17.6 Å². The van der Waals surface area contributed by atoms with E-state index in [9.17, 15) is 9.90 Å². The number of hydrogen-bond donors (Lipinski definition) is 3. The first-order chi connectivity index (χ1) is 7.54. The molecule has 0 saturated heterocycles. The van der Waals surface area contributed by atoms with Gasteiger partial charge < -0.3 is 21.3 Å². The fourth-order valence-corrected chi connectivity index (χ4v) is 1.35. The van der Waals surface area contributed by atoms with Crippen LogP contribution in [0.4, 0.5) is 0 Å². The third-order valence-corrected chi connectivity index (χ3v) is 2.14. The number of nitrogens with two attached hydrogens (primary N) is 2. The molecule has 0 aromatic heterocycles. The van der Waals surface area contributed by atoms with Crippen molar-refractivity contribution in [2.75, 3.05) is 6.54 Å². The Morgan fingerprint density at radius 3 is 2.75 bits per heavy atom. The zero-order chi connectivity index (χ0) is 12.1.